The first-order valence-corrected chi connectivity index (χ1v) is 8.43. The lowest BCUT2D eigenvalue weighted by Crippen LogP contribution is -2.01. The van der Waals surface area contributed by atoms with E-state index in [2.05, 4.69) is 10.2 Å². The second-order valence-corrected chi connectivity index (χ2v) is 5.88. The van der Waals surface area contributed by atoms with Gasteiger partial charge in [0, 0.05) is 16.3 Å². The molecule has 5 heteroatoms. The Morgan fingerprint density at radius 3 is 2.15 bits per heavy atom. The van der Waals surface area contributed by atoms with Crippen molar-refractivity contribution < 1.29 is 14.3 Å². The quantitative estimate of drug-likeness (QED) is 0.488. The largest absolute Gasteiger partial charge is 0.465 e. The van der Waals surface area contributed by atoms with Crippen LogP contribution in [0.4, 0.5) is 0 Å². The summed E-state index contributed by atoms with van der Waals surface area (Å²) in [5.41, 5.74) is 2.07. The van der Waals surface area contributed by atoms with Gasteiger partial charge in [0.2, 0.25) is 5.88 Å². The van der Waals surface area contributed by atoms with Crippen LogP contribution in [0.25, 0.3) is 22.0 Å². The minimum Gasteiger partial charge on any atom is -0.465 e. The maximum Gasteiger partial charge on any atom is 0.337 e. The standard InChI is InChI=1S/C22H16N2O3/c1-26-22(25)16-13-11-15(12-14-16)20-18-9-5-6-10-19(18)21(24-23-20)27-17-7-3-2-4-8-17/h2-14H,1H3. The number of benzene rings is 3. The summed E-state index contributed by atoms with van der Waals surface area (Å²) in [5.74, 6) is 0.781. The topological polar surface area (TPSA) is 61.3 Å². The summed E-state index contributed by atoms with van der Waals surface area (Å²) in [6, 6.07) is 24.4. The number of hydrogen-bond acceptors (Lipinski definition) is 5. The zero-order chi connectivity index (χ0) is 18.6. The van der Waals surface area contributed by atoms with Gasteiger partial charge in [-0.1, -0.05) is 48.5 Å². The summed E-state index contributed by atoms with van der Waals surface area (Å²) >= 11 is 0. The molecule has 0 atom stereocenters. The molecular weight excluding hydrogens is 340 g/mol. The number of methoxy groups -OCH3 is 1. The van der Waals surface area contributed by atoms with E-state index in [9.17, 15) is 4.79 Å². The molecule has 0 bridgehead atoms. The molecule has 0 saturated carbocycles. The van der Waals surface area contributed by atoms with E-state index >= 15 is 0 Å². The van der Waals surface area contributed by atoms with Crippen molar-refractivity contribution in [3.63, 3.8) is 0 Å². The third kappa shape index (κ3) is 3.35. The highest BCUT2D eigenvalue weighted by Crippen LogP contribution is 2.32. The highest BCUT2D eigenvalue weighted by atomic mass is 16.5. The molecule has 27 heavy (non-hydrogen) atoms. The SMILES string of the molecule is COC(=O)c1ccc(-c2nnc(Oc3ccccc3)c3ccccc23)cc1. The average Bonchev–Trinajstić information content (AvgIpc) is 2.74. The van der Waals surface area contributed by atoms with Crippen LogP contribution < -0.4 is 4.74 Å². The minimum absolute atomic E-state index is 0.371. The molecule has 0 aliphatic rings. The molecule has 1 heterocycles. The van der Waals surface area contributed by atoms with Gasteiger partial charge in [0.15, 0.2) is 0 Å². The average molecular weight is 356 g/mol. The highest BCUT2D eigenvalue weighted by molar-refractivity contribution is 5.97. The van der Waals surface area contributed by atoms with E-state index in [1.807, 2.05) is 66.7 Å². The number of ether oxygens (including phenoxy) is 2. The van der Waals surface area contributed by atoms with Gasteiger partial charge >= 0.3 is 5.97 Å². The number of fused-ring (bicyclic) bond motifs is 1. The van der Waals surface area contributed by atoms with Crippen LogP contribution in [0.15, 0.2) is 78.9 Å². The first-order valence-electron chi connectivity index (χ1n) is 8.43. The number of carbonyl (C=O) groups excluding carboxylic acids is 1. The Hall–Kier alpha value is -3.73. The zero-order valence-corrected chi connectivity index (χ0v) is 14.6. The number of carbonyl (C=O) groups is 1. The molecule has 0 aliphatic heterocycles. The molecule has 0 unspecified atom stereocenters. The monoisotopic (exact) mass is 356 g/mol. The summed E-state index contributed by atoms with van der Waals surface area (Å²) in [7, 11) is 1.36. The number of nitrogens with zero attached hydrogens (tertiary/aromatic N) is 2. The van der Waals surface area contributed by atoms with E-state index in [1.54, 1.807) is 12.1 Å². The van der Waals surface area contributed by atoms with Crippen LogP contribution >= 0.6 is 0 Å². The zero-order valence-electron chi connectivity index (χ0n) is 14.6. The fourth-order valence-electron chi connectivity index (χ4n) is 2.85. The smallest absolute Gasteiger partial charge is 0.337 e. The number of aromatic nitrogens is 2. The van der Waals surface area contributed by atoms with Crippen molar-refractivity contribution >= 4 is 16.7 Å². The second kappa shape index (κ2) is 7.25. The molecule has 1 aromatic heterocycles. The van der Waals surface area contributed by atoms with Crippen LogP contribution in [0.2, 0.25) is 0 Å². The third-order valence-electron chi connectivity index (χ3n) is 4.19. The normalized spacial score (nSPS) is 10.6. The molecular formula is C22H16N2O3. The van der Waals surface area contributed by atoms with Gasteiger partial charge < -0.3 is 9.47 Å². The predicted octanol–water partition coefficient (Wildman–Crippen LogP) is 4.88. The minimum atomic E-state index is -0.371. The molecule has 132 valence electrons. The Balaban J connectivity index is 1.77. The molecule has 3 aromatic carbocycles. The van der Waals surface area contributed by atoms with Crippen molar-refractivity contribution in [1.29, 1.82) is 0 Å². The number of para-hydroxylation sites is 1. The third-order valence-corrected chi connectivity index (χ3v) is 4.19. The van der Waals surface area contributed by atoms with E-state index in [1.165, 1.54) is 7.11 Å². The van der Waals surface area contributed by atoms with Gasteiger partial charge in [-0.2, -0.15) is 0 Å². The van der Waals surface area contributed by atoms with Crippen molar-refractivity contribution in [2.45, 2.75) is 0 Å². The van der Waals surface area contributed by atoms with Gasteiger partial charge in [-0.15, -0.1) is 10.2 Å². The van der Waals surface area contributed by atoms with E-state index in [-0.39, 0.29) is 5.97 Å². The Bertz CT molecular complexity index is 1090. The molecule has 0 radical (unpaired) electrons. The van der Waals surface area contributed by atoms with Gasteiger partial charge in [0.1, 0.15) is 11.4 Å². The summed E-state index contributed by atoms with van der Waals surface area (Å²) in [6.07, 6.45) is 0. The lowest BCUT2D eigenvalue weighted by atomic mass is 10.0. The molecule has 0 amide bonds. The maximum atomic E-state index is 11.6. The van der Waals surface area contributed by atoms with Gasteiger partial charge in [-0.05, 0) is 30.3 Å². The lowest BCUT2D eigenvalue weighted by molar-refractivity contribution is 0.0601. The lowest BCUT2D eigenvalue weighted by Gasteiger charge is -2.10. The summed E-state index contributed by atoms with van der Waals surface area (Å²) < 4.78 is 10.7. The summed E-state index contributed by atoms with van der Waals surface area (Å²) in [4.78, 5) is 11.6. The van der Waals surface area contributed by atoms with E-state index < -0.39 is 0 Å². The second-order valence-electron chi connectivity index (χ2n) is 5.88. The molecule has 0 spiro atoms. The first kappa shape index (κ1) is 16.7. The Morgan fingerprint density at radius 2 is 1.44 bits per heavy atom. The van der Waals surface area contributed by atoms with Gasteiger partial charge in [-0.3, -0.25) is 0 Å². The molecule has 0 saturated heterocycles. The maximum absolute atomic E-state index is 11.6. The summed E-state index contributed by atoms with van der Waals surface area (Å²) in [6.45, 7) is 0. The van der Waals surface area contributed by atoms with Gasteiger partial charge in [0.25, 0.3) is 0 Å². The van der Waals surface area contributed by atoms with Gasteiger partial charge in [-0.25, -0.2) is 4.79 Å². The fourth-order valence-corrected chi connectivity index (χ4v) is 2.85. The molecule has 0 N–H and O–H groups in total. The van der Waals surface area contributed by atoms with Crippen LogP contribution in [-0.4, -0.2) is 23.3 Å². The predicted molar refractivity (Wildman–Crippen MR) is 103 cm³/mol. The van der Waals surface area contributed by atoms with Crippen LogP contribution in [0.3, 0.4) is 0 Å². The number of rotatable bonds is 4. The van der Waals surface area contributed by atoms with Crippen LogP contribution in [-0.2, 0) is 4.74 Å². The van der Waals surface area contributed by atoms with Crippen molar-refractivity contribution in [2.24, 2.45) is 0 Å². The summed E-state index contributed by atoms with van der Waals surface area (Å²) in [5, 5.41) is 10.4. The Labute approximate surface area is 156 Å². The van der Waals surface area contributed by atoms with Crippen LogP contribution in [0.5, 0.6) is 11.6 Å². The molecule has 0 aliphatic carbocycles. The Morgan fingerprint density at radius 1 is 0.778 bits per heavy atom. The fraction of sp³-hybridized carbons (Fsp3) is 0.0455. The van der Waals surface area contributed by atoms with Gasteiger partial charge in [0.05, 0.1) is 12.7 Å². The molecule has 0 fully saturated rings. The number of hydrogen-bond donors (Lipinski definition) is 0. The van der Waals surface area contributed by atoms with E-state index in [4.69, 9.17) is 9.47 Å². The number of esters is 1. The van der Waals surface area contributed by atoms with E-state index in [0.29, 0.717) is 17.2 Å². The Kier molecular flexibility index (Phi) is 4.49. The van der Waals surface area contributed by atoms with Crippen LogP contribution in [0.1, 0.15) is 10.4 Å². The van der Waals surface area contributed by atoms with E-state index in [0.717, 1.165) is 22.0 Å². The van der Waals surface area contributed by atoms with Crippen molar-refractivity contribution in [3.05, 3.63) is 84.4 Å². The van der Waals surface area contributed by atoms with Crippen molar-refractivity contribution in [1.82, 2.24) is 10.2 Å². The first-order chi connectivity index (χ1) is 13.3. The molecule has 4 aromatic rings. The van der Waals surface area contributed by atoms with Crippen molar-refractivity contribution in [2.75, 3.05) is 7.11 Å². The molecule has 4 rings (SSSR count). The molecule has 5 nitrogen and oxygen atoms in total. The van der Waals surface area contributed by atoms with Crippen LogP contribution in [0, 0.1) is 0 Å². The van der Waals surface area contributed by atoms with Crippen molar-refractivity contribution in [3.8, 4) is 22.9 Å². The highest BCUT2D eigenvalue weighted by Gasteiger charge is 2.13.